The van der Waals surface area contributed by atoms with E-state index >= 15 is 0 Å². The number of para-hydroxylation sites is 1. The molecule has 0 amide bonds. The zero-order chi connectivity index (χ0) is 24.0. The first-order valence-corrected chi connectivity index (χ1v) is 11.7. The lowest BCUT2D eigenvalue weighted by Gasteiger charge is -2.26. The fourth-order valence-corrected chi connectivity index (χ4v) is 4.20. The third kappa shape index (κ3) is 5.31. The second-order valence-corrected chi connectivity index (χ2v) is 8.32. The minimum Gasteiger partial charge on any atom is -0.497 e. The van der Waals surface area contributed by atoms with Gasteiger partial charge < -0.3 is 23.9 Å². The molecular formula is C28H28N2O5. The Hall–Kier alpha value is -3.81. The van der Waals surface area contributed by atoms with E-state index in [0.29, 0.717) is 23.4 Å². The highest BCUT2D eigenvalue weighted by Crippen LogP contribution is 2.35. The number of hydrogen-bond donors (Lipinski definition) is 1. The van der Waals surface area contributed by atoms with Crippen LogP contribution in [0.5, 0.6) is 11.5 Å². The van der Waals surface area contributed by atoms with Crippen molar-refractivity contribution in [3.63, 3.8) is 0 Å². The number of nitrogens with one attached hydrogen (secondary N) is 1. The average Bonchev–Trinajstić information content (AvgIpc) is 2.90. The van der Waals surface area contributed by atoms with Gasteiger partial charge in [-0.1, -0.05) is 24.3 Å². The maximum atomic E-state index is 13.0. The minimum absolute atomic E-state index is 0.403. The van der Waals surface area contributed by atoms with Crippen molar-refractivity contribution in [3.05, 3.63) is 83.2 Å². The molecule has 1 aliphatic rings. The molecule has 1 fully saturated rings. The summed E-state index contributed by atoms with van der Waals surface area (Å²) in [5.74, 6) is 1.52. The van der Waals surface area contributed by atoms with Gasteiger partial charge in [0.05, 0.1) is 31.6 Å². The lowest BCUT2D eigenvalue weighted by Crippen LogP contribution is -2.38. The van der Waals surface area contributed by atoms with Gasteiger partial charge >= 0.3 is 5.63 Å². The molecule has 3 aromatic carbocycles. The van der Waals surface area contributed by atoms with Crippen LogP contribution in [0.15, 0.2) is 82.0 Å². The van der Waals surface area contributed by atoms with Gasteiger partial charge in [0.15, 0.2) is 0 Å². The monoisotopic (exact) mass is 472 g/mol. The van der Waals surface area contributed by atoms with Crippen LogP contribution < -0.4 is 20.4 Å². The predicted octanol–water partition coefficient (Wildman–Crippen LogP) is 4.92. The molecule has 7 heteroatoms. The fourth-order valence-electron chi connectivity index (χ4n) is 4.20. The van der Waals surface area contributed by atoms with Crippen molar-refractivity contribution in [1.29, 1.82) is 0 Å². The topological polar surface area (TPSA) is 73.2 Å². The molecule has 0 aliphatic carbocycles. The molecule has 0 saturated carbocycles. The second-order valence-electron chi connectivity index (χ2n) is 8.32. The molecule has 0 spiro atoms. The Labute approximate surface area is 203 Å². The summed E-state index contributed by atoms with van der Waals surface area (Å²) in [6, 6.07) is 22.7. The predicted molar refractivity (Wildman–Crippen MR) is 137 cm³/mol. The van der Waals surface area contributed by atoms with Crippen molar-refractivity contribution in [2.75, 3.05) is 51.9 Å². The van der Waals surface area contributed by atoms with Crippen LogP contribution in [0.25, 0.3) is 22.1 Å². The van der Waals surface area contributed by atoms with E-state index in [4.69, 9.17) is 18.6 Å². The molecule has 1 aromatic heterocycles. The molecule has 5 rings (SSSR count). The summed E-state index contributed by atoms with van der Waals surface area (Å²) in [5.41, 5.74) is 2.88. The zero-order valence-electron chi connectivity index (χ0n) is 19.7. The number of hydrogen-bond acceptors (Lipinski definition) is 7. The molecule has 0 unspecified atom stereocenters. The third-order valence-corrected chi connectivity index (χ3v) is 6.10. The van der Waals surface area contributed by atoms with Crippen LogP contribution in [0.2, 0.25) is 0 Å². The summed E-state index contributed by atoms with van der Waals surface area (Å²) < 4.78 is 22.2. The number of nitrogens with zero attached hydrogens (tertiary/aromatic N) is 1. The Kier molecular flexibility index (Phi) is 6.97. The number of benzene rings is 3. The maximum Gasteiger partial charge on any atom is 0.346 e. The number of methoxy groups -OCH3 is 1. The van der Waals surface area contributed by atoms with E-state index in [9.17, 15) is 4.79 Å². The number of ether oxygens (including phenoxy) is 3. The van der Waals surface area contributed by atoms with Gasteiger partial charge in [0.2, 0.25) is 0 Å². The Bertz CT molecular complexity index is 1330. The number of anilines is 2. The summed E-state index contributed by atoms with van der Waals surface area (Å²) in [6.07, 6.45) is 0. The van der Waals surface area contributed by atoms with Gasteiger partial charge in [0.25, 0.3) is 0 Å². The SMILES string of the molecule is COc1ccc(-c2c(Nc3ccc(OCCN4CCOCC4)cc3)c3ccccc3oc2=O)cc1. The number of morpholine rings is 1. The summed E-state index contributed by atoms with van der Waals surface area (Å²) >= 11 is 0. The molecule has 0 radical (unpaired) electrons. The van der Waals surface area contributed by atoms with E-state index in [-0.39, 0.29) is 0 Å². The Morgan fingerprint density at radius 2 is 1.63 bits per heavy atom. The van der Waals surface area contributed by atoms with Gasteiger partial charge in [-0.2, -0.15) is 0 Å². The summed E-state index contributed by atoms with van der Waals surface area (Å²) in [7, 11) is 1.61. The Morgan fingerprint density at radius 1 is 0.914 bits per heavy atom. The van der Waals surface area contributed by atoms with Crippen molar-refractivity contribution < 1.29 is 18.6 Å². The van der Waals surface area contributed by atoms with Crippen molar-refractivity contribution in [1.82, 2.24) is 4.90 Å². The highest BCUT2D eigenvalue weighted by Gasteiger charge is 2.17. The lowest BCUT2D eigenvalue weighted by molar-refractivity contribution is 0.0322. The number of fused-ring (bicyclic) bond motifs is 1. The average molecular weight is 473 g/mol. The van der Waals surface area contributed by atoms with E-state index in [2.05, 4.69) is 10.2 Å². The van der Waals surface area contributed by atoms with Gasteiger partial charge in [0.1, 0.15) is 23.7 Å². The van der Waals surface area contributed by atoms with Crippen molar-refractivity contribution in [2.45, 2.75) is 0 Å². The molecule has 1 N–H and O–H groups in total. The van der Waals surface area contributed by atoms with Crippen LogP contribution in [0.1, 0.15) is 0 Å². The normalized spacial score (nSPS) is 14.1. The second kappa shape index (κ2) is 10.6. The van der Waals surface area contributed by atoms with Gasteiger partial charge in [-0.25, -0.2) is 4.79 Å². The zero-order valence-corrected chi connectivity index (χ0v) is 19.7. The van der Waals surface area contributed by atoms with Crippen molar-refractivity contribution >= 4 is 22.3 Å². The highest BCUT2D eigenvalue weighted by atomic mass is 16.5. The molecule has 7 nitrogen and oxygen atoms in total. The molecule has 4 aromatic rings. The molecule has 35 heavy (non-hydrogen) atoms. The Balaban J connectivity index is 1.39. The quantitative estimate of drug-likeness (QED) is 0.365. The molecule has 0 bridgehead atoms. The molecule has 1 aliphatic heterocycles. The molecule has 0 atom stereocenters. The molecule has 1 saturated heterocycles. The van der Waals surface area contributed by atoms with Crippen LogP contribution in [-0.4, -0.2) is 51.5 Å². The van der Waals surface area contributed by atoms with E-state index in [0.717, 1.165) is 61.0 Å². The van der Waals surface area contributed by atoms with Gasteiger partial charge in [-0.05, 0) is 54.1 Å². The number of rotatable bonds is 8. The third-order valence-electron chi connectivity index (χ3n) is 6.10. The van der Waals surface area contributed by atoms with E-state index in [1.165, 1.54) is 0 Å². The first kappa shape index (κ1) is 23.0. The molecule has 180 valence electrons. The summed E-state index contributed by atoms with van der Waals surface area (Å²) in [6.45, 7) is 4.96. The smallest absolute Gasteiger partial charge is 0.346 e. The fraction of sp³-hybridized carbons (Fsp3) is 0.250. The highest BCUT2D eigenvalue weighted by molar-refractivity contribution is 5.99. The van der Waals surface area contributed by atoms with E-state index < -0.39 is 5.63 Å². The maximum absolute atomic E-state index is 13.0. The van der Waals surface area contributed by atoms with E-state index in [1.807, 2.05) is 66.7 Å². The first-order valence-electron chi connectivity index (χ1n) is 11.7. The molecule has 2 heterocycles. The van der Waals surface area contributed by atoms with Crippen LogP contribution in [0.4, 0.5) is 11.4 Å². The Morgan fingerprint density at radius 3 is 2.37 bits per heavy atom. The van der Waals surface area contributed by atoms with Crippen LogP contribution in [0.3, 0.4) is 0 Å². The van der Waals surface area contributed by atoms with Gasteiger partial charge in [-0.15, -0.1) is 0 Å². The first-order chi connectivity index (χ1) is 17.2. The van der Waals surface area contributed by atoms with Crippen molar-refractivity contribution in [2.24, 2.45) is 0 Å². The van der Waals surface area contributed by atoms with Crippen LogP contribution in [-0.2, 0) is 4.74 Å². The lowest BCUT2D eigenvalue weighted by atomic mass is 10.0. The van der Waals surface area contributed by atoms with Crippen molar-refractivity contribution in [3.8, 4) is 22.6 Å². The standard InChI is InChI=1S/C28H28N2O5/c1-32-22-10-6-20(7-11-22)26-27(24-4-2-3-5-25(24)35-28(26)31)29-21-8-12-23(13-9-21)34-19-16-30-14-17-33-18-15-30/h2-13,29H,14-19H2,1H3. The summed E-state index contributed by atoms with van der Waals surface area (Å²) in [5, 5.41) is 4.27. The largest absolute Gasteiger partial charge is 0.497 e. The van der Waals surface area contributed by atoms with Crippen LogP contribution in [0, 0.1) is 0 Å². The minimum atomic E-state index is -0.403. The summed E-state index contributed by atoms with van der Waals surface area (Å²) in [4.78, 5) is 15.4. The van der Waals surface area contributed by atoms with Crippen LogP contribution >= 0.6 is 0 Å². The van der Waals surface area contributed by atoms with Gasteiger partial charge in [-0.3, -0.25) is 4.90 Å². The van der Waals surface area contributed by atoms with Gasteiger partial charge in [0, 0.05) is 30.7 Å². The van der Waals surface area contributed by atoms with E-state index in [1.54, 1.807) is 13.2 Å². The molecular weight excluding hydrogens is 444 g/mol.